The van der Waals surface area contributed by atoms with Crippen LogP contribution in [0.15, 0.2) is 36.6 Å². The van der Waals surface area contributed by atoms with Crippen molar-refractivity contribution in [1.29, 1.82) is 0 Å². The molecule has 1 aromatic rings. The van der Waals surface area contributed by atoms with Gasteiger partial charge in [0.2, 0.25) is 6.29 Å². The summed E-state index contributed by atoms with van der Waals surface area (Å²) in [4.78, 5) is 12.6. The molecule has 17 heteroatoms. The van der Waals surface area contributed by atoms with Crippen LogP contribution in [0.3, 0.4) is 0 Å². The van der Waals surface area contributed by atoms with Crippen molar-refractivity contribution in [3.05, 3.63) is 42.2 Å². The number of benzene rings is 1. The average molecular weight is 671 g/mol. The molecule has 0 spiro atoms. The summed E-state index contributed by atoms with van der Waals surface area (Å²) < 4.78 is 40.2. The van der Waals surface area contributed by atoms with Crippen LogP contribution >= 0.6 is 0 Å². The highest BCUT2D eigenvalue weighted by molar-refractivity contribution is 5.87. The smallest absolute Gasteiger partial charge is 0.331 e. The Morgan fingerprint density at radius 2 is 1.64 bits per heavy atom. The number of epoxide rings is 1. The fourth-order valence-electron chi connectivity index (χ4n) is 6.70. The number of phenols is 2. The molecule has 6 rings (SSSR count). The number of carbonyl (C=O) groups is 1. The van der Waals surface area contributed by atoms with Gasteiger partial charge in [-0.15, -0.1) is 0 Å². The van der Waals surface area contributed by atoms with Gasteiger partial charge in [-0.05, 0) is 36.8 Å². The number of fused-ring (bicyclic) bond motifs is 3. The normalized spacial score (nSPS) is 45.7. The van der Waals surface area contributed by atoms with Crippen molar-refractivity contribution >= 4 is 12.0 Å². The van der Waals surface area contributed by atoms with Gasteiger partial charge in [0, 0.05) is 12.0 Å². The lowest BCUT2D eigenvalue weighted by atomic mass is 9.85. The minimum Gasteiger partial charge on any atom is -0.504 e. The number of ether oxygens (including phenoxy) is 7. The second kappa shape index (κ2) is 13.2. The largest absolute Gasteiger partial charge is 0.504 e. The summed E-state index contributed by atoms with van der Waals surface area (Å²) in [5.41, 5.74) is -0.881. The van der Waals surface area contributed by atoms with Crippen LogP contribution in [0, 0.1) is 11.8 Å². The number of rotatable bonds is 9. The Bertz CT molecular complexity index is 1350. The Kier molecular flexibility index (Phi) is 9.53. The third-order valence-electron chi connectivity index (χ3n) is 9.33. The monoisotopic (exact) mass is 670 g/mol. The van der Waals surface area contributed by atoms with Gasteiger partial charge in [0.1, 0.15) is 48.3 Å². The molecule has 260 valence electrons. The molecule has 0 aromatic heterocycles. The molecular formula is C30H38O17. The van der Waals surface area contributed by atoms with Gasteiger partial charge in [-0.1, -0.05) is 6.07 Å². The van der Waals surface area contributed by atoms with Gasteiger partial charge < -0.3 is 79.1 Å². The van der Waals surface area contributed by atoms with Crippen LogP contribution in [0.5, 0.6) is 11.5 Å². The van der Waals surface area contributed by atoms with Crippen molar-refractivity contribution in [2.75, 3.05) is 13.2 Å². The van der Waals surface area contributed by atoms with E-state index in [4.69, 9.17) is 33.2 Å². The lowest BCUT2D eigenvalue weighted by molar-refractivity contribution is -0.347. The molecule has 0 bridgehead atoms. The standard InChI is InChI=1S/C30H38O17/c1-11-19(36)25(44-17(35)5-3-12-2-4-14(33)15(34)8-12)23(40)29(42-11)45-24-13-6-7-41-27(18(13)30(10-32)26(24)47-30)46-28-22(39)21(38)20(37)16(9-31)43-28/h2-8,11,13,16,18-29,31-34,36-40H,9-10H2,1H3/t11-,13+,16+,18+,19-,20+,21-,22+,23+,24-,25+,26-,27-,28-,29-,30+/m0/s1. The molecule has 0 unspecified atom stereocenters. The zero-order chi connectivity index (χ0) is 33.8. The minimum absolute atomic E-state index is 0.340. The number of hydrogen-bond acceptors (Lipinski definition) is 17. The number of esters is 1. The van der Waals surface area contributed by atoms with Gasteiger partial charge in [-0.3, -0.25) is 0 Å². The average Bonchev–Trinajstić information content (AvgIpc) is 3.73. The van der Waals surface area contributed by atoms with Gasteiger partial charge in [0.25, 0.3) is 0 Å². The Morgan fingerprint density at radius 1 is 0.894 bits per heavy atom. The first-order valence-corrected chi connectivity index (χ1v) is 15.0. The predicted molar refractivity (Wildman–Crippen MR) is 150 cm³/mol. The summed E-state index contributed by atoms with van der Waals surface area (Å²) in [6.45, 7) is 0.319. The molecule has 47 heavy (non-hydrogen) atoms. The molecular weight excluding hydrogens is 632 g/mol. The van der Waals surface area contributed by atoms with E-state index in [2.05, 4.69) is 0 Å². The molecule has 4 aliphatic heterocycles. The van der Waals surface area contributed by atoms with Gasteiger partial charge in [-0.25, -0.2) is 4.79 Å². The van der Waals surface area contributed by atoms with E-state index in [0.717, 1.165) is 6.08 Å². The van der Waals surface area contributed by atoms with Crippen LogP contribution in [0.25, 0.3) is 6.08 Å². The van der Waals surface area contributed by atoms with E-state index in [1.807, 2.05) is 0 Å². The maximum atomic E-state index is 12.6. The molecule has 0 amide bonds. The first kappa shape index (κ1) is 34.0. The SMILES string of the molecule is C[C@@H]1O[C@@H](O[C@H]2[C@@H]3C=CO[C@@H](O[C@@H]4O[C@H](CO)[C@@H](O)[C@H](O)[C@H]4O)[C@@H]3[C@@]3(CO)O[C@@H]23)[C@H](O)[C@H](OC(=O)C=Cc2ccc(O)c(O)c2)[C@H]1O. The van der Waals surface area contributed by atoms with E-state index in [9.17, 15) is 50.8 Å². The van der Waals surface area contributed by atoms with Gasteiger partial charge in [0.05, 0.1) is 37.6 Å². The van der Waals surface area contributed by atoms with Gasteiger partial charge >= 0.3 is 5.97 Å². The van der Waals surface area contributed by atoms with Crippen molar-refractivity contribution < 1.29 is 83.9 Å². The van der Waals surface area contributed by atoms with E-state index in [-0.39, 0.29) is 5.75 Å². The third kappa shape index (κ3) is 6.11. The lowest BCUT2D eigenvalue weighted by Crippen LogP contribution is -2.60. The molecule has 5 aliphatic rings. The first-order valence-electron chi connectivity index (χ1n) is 15.0. The van der Waals surface area contributed by atoms with Crippen LogP contribution in [0.1, 0.15) is 12.5 Å². The van der Waals surface area contributed by atoms with Gasteiger partial charge in [0.15, 0.2) is 30.2 Å². The fraction of sp³-hybridized carbons (Fsp3) is 0.633. The van der Waals surface area contributed by atoms with Crippen LogP contribution in [0.2, 0.25) is 0 Å². The Labute approximate surface area is 267 Å². The van der Waals surface area contributed by atoms with Crippen molar-refractivity contribution in [3.63, 3.8) is 0 Å². The van der Waals surface area contributed by atoms with Crippen molar-refractivity contribution in [1.82, 2.24) is 0 Å². The third-order valence-corrected chi connectivity index (χ3v) is 9.33. The Hall–Kier alpha value is -2.91. The maximum absolute atomic E-state index is 12.6. The van der Waals surface area contributed by atoms with E-state index in [0.29, 0.717) is 5.56 Å². The van der Waals surface area contributed by atoms with Crippen LogP contribution in [0.4, 0.5) is 0 Å². The quantitative estimate of drug-likeness (QED) is 0.0546. The van der Waals surface area contributed by atoms with Crippen molar-refractivity contribution in [2.45, 2.75) is 92.4 Å². The summed E-state index contributed by atoms with van der Waals surface area (Å²) in [5, 5.41) is 91.7. The van der Waals surface area contributed by atoms with Gasteiger partial charge in [-0.2, -0.15) is 0 Å². The number of hydrogen-bond donors (Lipinski definition) is 9. The molecule has 17 nitrogen and oxygen atoms in total. The summed E-state index contributed by atoms with van der Waals surface area (Å²) in [5.74, 6) is -3.03. The molecule has 1 aliphatic carbocycles. The van der Waals surface area contributed by atoms with Crippen molar-refractivity contribution in [3.8, 4) is 11.5 Å². The predicted octanol–water partition coefficient (Wildman–Crippen LogP) is -3.06. The number of carbonyl (C=O) groups excluding carboxylic acids is 1. The maximum Gasteiger partial charge on any atom is 0.331 e. The summed E-state index contributed by atoms with van der Waals surface area (Å²) in [6.07, 6.45) is -12.4. The van der Waals surface area contributed by atoms with Crippen LogP contribution < -0.4 is 0 Å². The lowest BCUT2D eigenvalue weighted by Gasteiger charge is -2.44. The van der Waals surface area contributed by atoms with Crippen molar-refractivity contribution in [2.24, 2.45) is 11.8 Å². The zero-order valence-corrected chi connectivity index (χ0v) is 24.9. The number of aromatic hydroxyl groups is 2. The second-order valence-corrected chi connectivity index (χ2v) is 12.2. The van der Waals surface area contributed by atoms with E-state index in [1.54, 1.807) is 6.08 Å². The molecule has 9 N–H and O–H groups in total. The minimum atomic E-state index is -1.71. The molecule has 1 saturated carbocycles. The van der Waals surface area contributed by atoms with E-state index in [1.165, 1.54) is 37.5 Å². The highest BCUT2D eigenvalue weighted by atomic mass is 16.8. The molecule has 16 atom stereocenters. The first-order chi connectivity index (χ1) is 22.4. The summed E-state index contributed by atoms with van der Waals surface area (Å²) in [7, 11) is 0. The highest BCUT2D eigenvalue weighted by Crippen LogP contribution is 2.61. The number of phenolic OH excluding ortho intramolecular Hbond substituents is 2. The summed E-state index contributed by atoms with van der Waals surface area (Å²) in [6, 6.07) is 3.89. The molecule has 1 aromatic carbocycles. The van der Waals surface area contributed by atoms with E-state index >= 15 is 0 Å². The highest BCUT2D eigenvalue weighted by Gasteiger charge is 2.77. The molecule has 3 saturated heterocycles. The van der Waals surface area contributed by atoms with Crippen LogP contribution in [-0.2, 0) is 38.0 Å². The Morgan fingerprint density at radius 3 is 2.34 bits per heavy atom. The van der Waals surface area contributed by atoms with E-state index < -0.39 is 122 Å². The topological polar surface area (TPSA) is 267 Å². The van der Waals surface area contributed by atoms with Crippen LogP contribution in [-0.4, -0.2) is 151 Å². The molecule has 0 radical (unpaired) electrons. The second-order valence-electron chi connectivity index (χ2n) is 12.2. The number of aliphatic hydroxyl groups excluding tert-OH is 7. The molecule has 4 fully saturated rings. The zero-order valence-electron chi connectivity index (χ0n) is 24.9. The molecule has 4 heterocycles. The number of aliphatic hydroxyl groups is 7. The summed E-state index contributed by atoms with van der Waals surface area (Å²) >= 11 is 0. The fourth-order valence-corrected chi connectivity index (χ4v) is 6.70. The Balaban J connectivity index is 1.15.